The Morgan fingerprint density at radius 1 is 1.54 bits per heavy atom. The third-order valence-corrected chi connectivity index (χ3v) is 3.18. The summed E-state index contributed by atoms with van der Waals surface area (Å²) in [5.74, 6) is 1.80. The summed E-state index contributed by atoms with van der Waals surface area (Å²) in [4.78, 5) is 8.21. The molecule has 1 aliphatic heterocycles. The molecule has 1 aliphatic rings. The molecule has 3 nitrogen and oxygen atoms in total. The Balaban J connectivity index is 1.79. The second-order valence-electron chi connectivity index (χ2n) is 3.08. The van der Waals surface area contributed by atoms with E-state index in [0.717, 1.165) is 24.0 Å². The quantitative estimate of drug-likeness (QED) is 0.688. The van der Waals surface area contributed by atoms with E-state index in [9.17, 15) is 0 Å². The minimum absolute atomic E-state index is 0.701. The van der Waals surface area contributed by atoms with Gasteiger partial charge in [0.15, 0.2) is 0 Å². The van der Waals surface area contributed by atoms with Gasteiger partial charge in [0.25, 0.3) is 0 Å². The average molecular weight is 196 g/mol. The van der Waals surface area contributed by atoms with Gasteiger partial charge >= 0.3 is 0 Å². The molecule has 0 spiro atoms. The molecule has 1 unspecified atom stereocenters. The number of ether oxygens (including phenoxy) is 1. The normalized spacial score (nSPS) is 22.0. The maximum atomic E-state index is 5.30. The van der Waals surface area contributed by atoms with E-state index in [-0.39, 0.29) is 0 Å². The summed E-state index contributed by atoms with van der Waals surface area (Å²) in [5, 5.41) is 1.01. The number of thioether (sulfide) groups is 1. The van der Waals surface area contributed by atoms with E-state index < -0.39 is 0 Å². The molecule has 0 bridgehead atoms. The summed E-state index contributed by atoms with van der Waals surface area (Å²) in [7, 11) is 0. The summed E-state index contributed by atoms with van der Waals surface area (Å²) >= 11 is 1.76. The molecular weight excluding hydrogens is 184 g/mol. The summed E-state index contributed by atoms with van der Waals surface area (Å²) in [6, 6.07) is 0. The fraction of sp³-hybridized carbons (Fsp3) is 0.556. The highest BCUT2D eigenvalue weighted by Gasteiger charge is 2.15. The van der Waals surface area contributed by atoms with E-state index in [4.69, 9.17) is 4.74 Å². The van der Waals surface area contributed by atoms with E-state index in [0.29, 0.717) is 5.92 Å². The standard InChI is InChI=1S/C9H12N2OS/c1-4-12-6-8(1)7-13-9-5-10-2-3-11-9/h2-3,5,8H,1,4,6-7H2. The van der Waals surface area contributed by atoms with Crippen LogP contribution >= 0.6 is 11.8 Å². The molecule has 4 heteroatoms. The maximum Gasteiger partial charge on any atom is 0.114 e. The van der Waals surface area contributed by atoms with Crippen LogP contribution in [-0.2, 0) is 4.74 Å². The summed E-state index contributed by atoms with van der Waals surface area (Å²) < 4.78 is 5.30. The first-order chi connectivity index (χ1) is 6.45. The predicted molar refractivity (Wildman–Crippen MR) is 51.7 cm³/mol. The lowest BCUT2D eigenvalue weighted by atomic mass is 10.2. The zero-order chi connectivity index (χ0) is 8.93. The van der Waals surface area contributed by atoms with E-state index in [1.165, 1.54) is 6.42 Å². The average Bonchev–Trinajstić information content (AvgIpc) is 2.69. The van der Waals surface area contributed by atoms with Gasteiger partial charge in [-0.05, 0) is 12.3 Å². The number of hydrogen-bond donors (Lipinski definition) is 0. The lowest BCUT2D eigenvalue weighted by Gasteiger charge is -2.04. The minimum atomic E-state index is 0.701. The molecule has 1 aromatic rings. The van der Waals surface area contributed by atoms with Gasteiger partial charge in [-0.1, -0.05) is 0 Å². The number of aromatic nitrogens is 2. The van der Waals surface area contributed by atoms with Crippen molar-refractivity contribution in [2.75, 3.05) is 19.0 Å². The molecule has 70 valence electrons. The number of hydrogen-bond acceptors (Lipinski definition) is 4. The SMILES string of the molecule is c1cnc(SCC2CCOC2)cn1. The Bertz CT molecular complexity index is 249. The second-order valence-corrected chi connectivity index (χ2v) is 4.12. The van der Waals surface area contributed by atoms with Crippen LogP contribution in [0.4, 0.5) is 0 Å². The predicted octanol–water partition coefficient (Wildman–Crippen LogP) is 1.61. The molecule has 2 rings (SSSR count). The van der Waals surface area contributed by atoms with Crippen molar-refractivity contribution in [1.82, 2.24) is 9.97 Å². The van der Waals surface area contributed by atoms with Gasteiger partial charge < -0.3 is 4.74 Å². The molecule has 1 aromatic heterocycles. The zero-order valence-corrected chi connectivity index (χ0v) is 8.17. The Labute approximate surface area is 81.9 Å². The number of rotatable bonds is 3. The first-order valence-electron chi connectivity index (χ1n) is 4.42. The largest absolute Gasteiger partial charge is 0.381 e. The van der Waals surface area contributed by atoms with Crippen molar-refractivity contribution in [1.29, 1.82) is 0 Å². The van der Waals surface area contributed by atoms with Gasteiger partial charge in [-0.15, -0.1) is 11.8 Å². The first kappa shape index (κ1) is 8.97. The Hall–Kier alpha value is -0.610. The van der Waals surface area contributed by atoms with Crippen molar-refractivity contribution in [3.8, 4) is 0 Å². The van der Waals surface area contributed by atoms with Crippen LogP contribution in [0.15, 0.2) is 23.6 Å². The van der Waals surface area contributed by atoms with E-state index in [1.54, 1.807) is 30.4 Å². The van der Waals surface area contributed by atoms with Gasteiger partial charge in [0.1, 0.15) is 5.03 Å². The zero-order valence-electron chi connectivity index (χ0n) is 7.35. The van der Waals surface area contributed by atoms with Crippen LogP contribution in [0.1, 0.15) is 6.42 Å². The molecular formula is C9H12N2OS. The van der Waals surface area contributed by atoms with Crippen LogP contribution in [0.25, 0.3) is 0 Å². The van der Waals surface area contributed by atoms with Gasteiger partial charge in [0.05, 0.1) is 12.8 Å². The molecule has 0 N–H and O–H groups in total. The van der Waals surface area contributed by atoms with Crippen molar-refractivity contribution in [3.63, 3.8) is 0 Å². The van der Waals surface area contributed by atoms with Gasteiger partial charge in [0, 0.05) is 24.8 Å². The van der Waals surface area contributed by atoms with Crippen molar-refractivity contribution in [2.24, 2.45) is 5.92 Å². The van der Waals surface area contributed by atoms with Crippen LogP contribution in [0.5, 0.6) is 0 Å². The molecule has 0 saturated carbocycles. The van der Waals surface area contributed by atoms with Crippen LogP contribution < -0.4 is 0 Å². The Morgan fingerprint density at radius 2 is 2.54 bits per heavy atom. The molecule has 0 amide bonds. The molecule has 1 saturated heterocycles. The minimum Gasteiger partial charge on any atom is -0.381 e. The fourth-order valence-corrected chi connectivity index (χ4v) is 2.22. The van der Waals surface area contributed by atoms with E-state index in [1.807, 2.05) is 0 Å². The molecule has 2 heterocycles. The third-order valence-electron chi connectivity index (χ3n) is 2.03. The third kappa shape index (κ3) is 2.67. The van der Waals surface area contributed by atoms with Crippen LogP contribution in [-0.4, -0.2) is 28.9 Å². The molecule has 1 fully saturated rings. The highest BCUT2D eigenvalue weighted by atomic mass is 32.2. The number of nitrogens with zero attached hydrogens (tertiary/aromatic N) is 2. The monoisotopic (exact) mass is 196 g/mol. The smallest absolute Gasteiger partial charge is 0.114 e. The van der Waals surface area contributed by atoms with E-state index in [2.05, 4.69) is 9.97 Å². The summed E-state index contributed by atoms with van der Waals surface area (Å²) in [6.45, 7) is 1.83. The molecule has 0 aromatic carbocycles. The van der Waals surface area contributed by atoms with Crippen LogP contribution in [0, 0.1) is 5.92 Å². The highest BCUT2D eigenvalue weighted by molar-refractivity contribution is 7.99. The maximum absolute atomic E-state index is 5.30. The molecule has 0 aliphatic carbocycles. The van der Waals surface area contributed by atoms with Crippen molar-refractivity contribution in [3.05, 3.63) is 18.6 Å². The van der Waals surface area contributed by atoms with Gasteiger partial charge in [-0.3, -0.25) is 4.98 Å². The molecule has 13 heavy (non-hydrogen) atoms. The van der Waals surface area contributed by atoms with Crippen molar-refractivity contribution in [2.45, 2.75) is 11.4 Å². The topological polar surface area (TPSA) is 35.0 Å². The Kier molecular flexibility index (Phi) is 3.16. The van der Waals surface area contributed by atoms with Gasteiger partial charge in [0.2, 0.25) is 0 Å². The van der Waals surface area contributed by atoms with Gasteiger partial charge in [-0.2, -0.15) is 0 Å². The van der Waals surface area contributed by atoms with E-state index >= 15 is 0 Å². The molecule has 0 radical (unpaired) electrons. The molecule has 1 atom stereocenters. The fourth-order valence-electron chi connectivity index (χ4n) is 1.28. The highest BCUT2D eigenvalue weighted by Crippen LogP contribution is 2.22. The Morgan fingerprint density at radius 3 is 3.23 bits per heavy atom. The lowest BCUT2D eigenvalue weighted by molar-refractivity contribution is 0.189. The summed E-state index contributed by atoms with van der Waals surface area (Å²) in [5.41, 5.74) is 0. The van der Waals surface area contributed by atoms with Crippen LogP contribution in [0.3, 0.4) is 0 Å². The van der Waals surface area contributed by atoms with Gasteiger partial charge in [-0.25, -0.2) is 4.98 Å². The second kappa shape index (κ2) is 4.58. The summed E-state index contributed by atoms with van der Waals surface area (Å²) in [6.07, 6.45) is 6.42. The van der Waals surface area contributed by atoms with Crippen molar-refractivity contribution < 1.29 is 4.74 Å². The first-order valence-corrected chi connectivity index (χ1v) is 5.40. The lowest BCUT2D eigenvalue weighted by Crippen LogP contribution is -2.02. The van der Waals surface area contributed by atoms with Crippen molar-refractivity contribution >= 4 is 11.8 Å². The van der Waals surface area contributed by atoms with Crippen LogP contribution in [0.2, 0.25) is 0 Å².